The number of aryl methyl sites for hydroxylation is 1. The molecule has 128 valence electrons. The Morgan fingerprint density at radius 2 is 2.17 bits per heavy atom. The van der Waals surface area contributed by atoms with Crippen molar-refractivity contribution in [3.63, 3.8) is 0 Å². The topological polar surface area (TPSA) is 61.8 Å². The van der Waals surface area contributed by atoms with E-state index in [1.807, 2.05) is 31.2 Å². The van der Waals surface area contributed by atoms with Gasteiger partial charge in [-0.25, -0.2) is 0 Å². The molecule has 0 unspecified atom stereocenters. The Morgan fingerprint density at radius 3 is 2.91 bits per heavy atom. The fourth-order valence-electron chi connectivity index (χ4n) is 2.73. The fourth-order valence-corrected chi connectivity index (χ4v) is 2.73. The molecule has 0 spiro atoms. The third kappa shape index (κ3) is 7.01. The highest BCUT2D eigenvalue weighted by Gasteiger charge is 2.16. The van der Waals surface area contributed by atoms with Gasteiger partial charge < -0.3 is 20.1 Å². The smallest absolute Gasteiger partial charge is 0.223 e. The van der Waals surface area contributed by atoms with Crippen LogP contribution in [0.15, 0.2) is 24.3 Å². The molecule has 5 heteroatoms. The molecule has 0 radical (unpaired) electrons. The maximum absolute atomic E-state index is 11.8. The number of aliphatic hydroxyl groups excluding tert-OH is 1. The molecule has 0 saturated carbocycles. The van der Waals surface area contributed by atoms with Crippen LogP contribution in [-0.2, 0) is 4.79 Å². The van der Waals surface area contributed by atoms with Gasteiger partial charge in [0.1, 0.15) is 5.75 Å². The van der Waals surface area contributed by atoms with E-state index in [0.29, 0.717) is 19.6 Å². The number of likely N-dealkylation sites (tertiary alicyclic amines) is 1. The van der Waals surface area contributed by atoms with Gasteiger partial charge in [-0.3, -0.25) is 4.79 Å². The van der Waals surface area contributed by atoms with Crippen molar-refractivity contribution in [1.29, 1.82) is 0 Å². The number of nitrogens with zero attached hydrogens (tertiary/aromatic N) is 1. The van der Waals surface area contributed by atoms with Crippen molar-refractivity contribution in [2.24, 2.45) is 0 Å². The van der Waals surface area contributed by atoms with E-state index < -0.39 is 0 Å². The van der Waals surface area contributed by atoms with Crippen molar-refractivity contribution in [2.45, 2.75) is 38.7 Å². The molecule has 1 aliphatic heterocycles. The van der Waals surface area contributed by atoms with Gasteiger partial charge in [-0.2, -0.15) is 0 Å². The number of rotatable bonds is 8. The molecule has 0 atom stereocenters. The lowest BCUT2D eigenvalue weighted by Gasteiger charge is -2.29. The van der Waals surface area contributed by atoms with Gasteiger partial charge in [-0.15, -0.1) is 0 Å². The summed E-state index contributed by atoms with van der Waals surface area (Å²) in [4.78, 5) is 14.1. The predicted molar refractivity (Wildman–Crippen MR) is 90.6 cm³/mol. The first kappa shape index (κ1) is 17.8. The van der Waals surface area contributed by atoms with Crippen molar-refractivity contribution in [2.75, 3.05) is 32.8 Å². The van der Waals surface area contributed by atoms with Crippen LogP contribution in [0.3, 0.4) is 0 Å². The Hall–Kier alpha value is -1.59. The molecule has 23 heavy (non-hydrogen) atoms. The molecule has 1 amide bonds. The van der Waals surface area contributed by atoms with E-state index in [1.165, 1.54) is 0 Å². The highest BCUT2D eigenvalue weighted by molar-refractivity contribution is 5.75. The van der Waals surface area contributed by atoms with E-state index in [2.05, 4.69) is 10.2 Å². The minimum atomic E-state index is -0.126. The summed E-state index contributed by atoms with van der Waals surface area (Å²) < 4.78 is 5.58. The summed E-state index contributed by atoms with van der Waals surface area (Å²) in [5, 5.41) is 12.4. The average molecular weight is 320 g/mol. The van der Waals surface area contributed by atoms with Crippen LogP contribution in [0, 0.1) is 6.92 Å². The molecule has 1 aromatic carbocycles. The van der Waals surface area contributed by atoms with E-state index in [-0.39, 0.29) is 12.0 Å². The van der Waals surface area contributed by atoms with Gasteiger partial charge in [0.25, 0.3) is 0 Å². The number of amides is 1. The fraction of sp³-hybridized carbons (Fsp3) is 0.611. The summed E-state index contributed by atoms with van der Waals surface area (Å²) >= 11 is 0. The summed E-state index contributed by atoms with van der Waals surface area (Å²) in [6.45, 7) is 6.01. The monoisotopic (exact) mass is 320 g/mol. The van der Waals surface area contributed by atoms with Crippen LogP contribution in [0.4, 0.5) is 0 Å². The standard InChI is InChI=1S/C18H28N2O3/c1-15-4-2-5-17(14-15)23-13-8-18(22)19-9-3-10-20-11-6-16(21)7-12-20/h2,4-5,14,16,21H,3,6-13H2,1H3,(H,19,22). The number of ether oxygens (including phenoxy) is 1. The molecule has 1 fully saturated rings. The lowest BCUT2D eigenvalue weighted by atomic mass is 10.1. The van der Waals surface area contributed by atoms with Crippen LogP contribution in [-0.4, -0.2) is 54.8 Å². The zero-order chi connectivity index (χ0) is 16.5. The maximum Gasteiger partial charge on any atom is 0.223 e. The van der Waals surface area contributed by atoms with Gasteiger partial charge in [0, 0.05) is 19.6 Å². The zero-order valence-electron chi connectivity index (χ0n) is 14.0. The Labute approximate surface area is 138 Å². The van der Waals surface area contributed by atoms with Crippen LogP contribution in [0.5, 0.6) is 5.75 Å². The van der Waals surface area contributed by atoms with Gasteiger partial charge in [-0.1, -0.05) is 12.1 Å². The van der Waals surface area contributed by atoms with Gasteiger partial charge in [0.2, 0.25) is 5.91 Å². The Balaban J connectivity index is 1.50. The number of hydrogen-bond acceptors (Lipinski definition) is 4. The Kier molecular flexibility index (Phi) is 7.36. The Morgan fingerprint density at radius 1 is 1.39 bits per heavy atom. The Bertz CT molecular complexity index is 485. The van der Waals surface area contributed by atoms with E-state index in [9.17, 15) is 9.90 Å². The number of hydrogen-bond donors (Lipinski definition) is 2. The molecular weight excluding hydrogens is 292 g/mol. The second-order valence-corrected chi connectivity index (χ2v) is 6.19. The summed E-state index contributed by atoms with van der Waals surface area (Å²) in [5.74, 6) is 0.844. The quantitative estimate of drug-likeness (QED) is 0.716. The largest absolute Gasteiger partial charge is 0.493 e. The van der Waals surface area contributed by atoms with Crippen LogP contribution in [0.1, 0.15) is 31.2 Å². The molecule has 2 rings (SSSR count). The summed E-state index contributed by atoms with van der Waals surface area (Å²) in [5.41, 5.74) is 1.15. The van der Waals surface area contributed by atoms with Crippen LogP contribution >= 0.6 is 0 Å². The first-order valence-electron chi connectivity index (χ1n) is 8.50. The summed E-state index contributed by atoms with van der Waals surface area (Å²) in [6, 6.07) is 7.83. The molecule has 2 N–H and O–H groups in total. The van der Waals surface area contributed by atoms with Crippen LogP contribution < -0.4 is 10.1 Å². The highest BCUT2D eigenvalue weighted by Crippen LogP contribution is 2.12. The number of piperidine rings is 1. The number of carbonyl (C=O) groups excluding carboxylic acids is 1. The number of carbonyl (C=O) groups is 1. The second kappa shape index (κ2) is 9.53. The number of aliphatic hydroxyl groups is 1. The lowest BCUT2D eigenvalue weighted by Crippen LogP contribution is -2.37. The zero-order valence-corrected chi connectivity index (χ0v) is 14.0. The number of benzene rings is 1. The SMILES string of the molecule is Cc1cccc(OCCC(=O)NCCCN2CCC(O)CC2)c1. The molecule has 0 aromatic heterocycles. The molecule has 1 aliphatic rings. The normalized spacial score (nSPS) is 16.3. The van der Waals surface area contributed by atoms with Gasteiger partial charge in [0.05, 0.1) is 19.1 Å². The van der Waals surface area contributed by atoms with E-state index in [0.717, 1.165) is 50.2 Å². The molecule has 1 aromatic rings. The number of nitrogens with one attached hydrogen (secondary N) is 1. The third-order valence-electron chi connectivity index (χ3n) is 4.12. The van der Waals surface area contributed by atoms with E-state index >= 15 is 0 Å². The molecule has 1 heterocycles. The first-order chi connectivity index (χ1) is 11.1. The van der Waals surface area contributed by atoms with Crippen molar-refractivity contribution in [3.05, 3.63) is 29.8 Å². The molecule has 0 aliphatic carbocycles. The van der Waals surface area contributed by atoms with Gasteiger partial charge in [0.15, 0.2) is 0 Å². The van der Waals surface area contributed by atoms with Crippen LogP contribution in [0.25, 0.3) is 0 Å². The highest BCUT2D eigenvalue weighted by atomic mass is 16.5. The molecule has 1 saturated heterocycles. The second-order valence-electron chi connectivity index (χ2n) is 6.19. The van der Waals surface area contributed by atoms with Crippen LogP contribution in [0.2, 0.25) is 0 Å². The predicted octanol–water partition coefficient (Wildman–Crippen LogP) is 1.73. The first-order valence-corrected chi connectivity index (χ1v) is 8.50. The minimum absolute atomic E-state index is 0.0340. The third-order valence-corrected chi connectivity index (χ3v) is 4.12. The minimum Gasteiger partial charge on any atom is -0.493 e. The van der Waals surface area contributed by atoms with Crippen molar-refractivity contribution < 1.29 is 14.6 Å². The average Bonchev–Trinajstić information content (AvgIpc) is 2.53. The summed E-state index contributed by atoms with van der Waals surface area (Å²) in [6.07, 6.45) is 2.93. The van der Waals surface area contributed by atoms with Crippen molar-refractivity contribution in [1.82, 2.24) is 10.2 Å². The molecule has 5 nitrogen and oxygen atoms in total. The summed E-state index contributed by atoms with van der Waals surface area (Å²) in [7, 11) is 0. The van der Waals surface area contributed by atoms with E-state index in [1.54, 1.807) is 0 Å². The van der Waals surface area contributed by atoms with Gasteiger partial charge in [-0.05, 0) is 50.4 Å². The lowest BCUT2D eigenvalue weighted by molar-refractivity contribution is -0.121. The maximum atomic E-state index is 11.8. The van der Waals surface area contributed by atoms with Crippen molar-refractivity contribution in [3.8, 4) is 5.75 Å². The van der Waals surface area contributed by atoms with Crippen molar-refractivity contribution >= 4 is 5.91 Å². The molecule has 0 bridgehead atoms. The van der Waals surface area contributed by atoms with Gasteiger partial charge >= 0.3 is 0 Å². The molecular formula is C18H28N2O3. The van der Waals surface area contributed by atoms with E-state index in [4.69, 9.17) is 4.74 Å².